The molecule has 2 aromatic carbocycles. The van der Waals surface area contributed by atoms with E-state index in [2.05, 4.69) is 42.5 Å². The Hall–Kier alpha value is -1.44. The second-order valence-corrected chi connectivity index (χ2v) is 6.91. The zero-order chi connectivity index (χ0) is 16.8. The van der Waals surface area contributed by atoms with Crippen LogP contribution in [0.4, 0.5) is 5.69 Å². The molecule has 0 spiro atoms. The molecule has 0 heterocycles. The minimum atomic E-state index is -0.325. The number of anilines is 1. The van der Waals surface area contributed by atoms with E-state index >= 15 is 0 Å². The van der Waals surface area contributed by atoms with Crippen LogP contribution in [-0.2, 0) is 4.79 Å². The van der Waals surface area contributed by atoms with Gasteiger partial charge in [-0.05, 0) is 77.0 Å². The van der Waals surface area contributed by atoms with Crippen LogP contribution in [0.3, 0.4) is 0 Å². The molecule has 4 nitrogen and oxygen atoms in total. The molecule has 1 amide bonds. The molecule has 23 heavy (non-hydrogen) atoms. The minimum absolute atomic E-state index is 0.113. The highest BCUT2D eigenvalue weighted by molar-refractivity contribution is 9.10. The van der Waals surface area contributed by atoms with Crippen molar-refractivity contribution in [3.05, 3.63) is 57.0 Å². The first-order valence-electron chi connectivity index (χ1n) is 6.69. The molecule has 0 bridgehead atoms. The van der Waals surface area contributed by atoms with Gasteiger partial charge in [-0.1, -0.05) is 22.0 Å². The first-order chi connectivity index (χ1) is 10.9. The number of thiocarbonyl (C=S) groups is 1. The summed E-state index contributed by atoms with van der Waals surface area (Å²) in [7, 11) is 0. The van der Waals surface area contributed by atoms with Crippen LogP contribution >= 0.6 is 44.1 Å². The van der Waals surface area contributed by atoms with Gasteiger partial charge in [0.25, 0.3) is 5.91 Å². The van der Waals surface area contributed by atoms with Gasteiger partial charge in [-0.25, -0.2) is 0 Å². The summed E-state index contributed by atoms with van der Waals surface area (Å²) in [6.45, 7) is 1.88. The Balaban J connectivity index is 1.82. The van der Waals surface area contributed by atoms with E-state index in [9.17, 15) is 4.79 Å². The molecule has 0 radical (unpaired) electrons. The predicted molar refractivity (Wildman–Crippen MR) is 103 cm³/mol. The third kappa shape index (κ3) is 5.93. The van der Waals surface area contributed by atoms with Gasteiger partial charge in [-0.3, -0.25) is 10.1 Å². The number of carbonyl (C=O) groups is 1. The molecule has 0 aliphatic rings. The smallest absolute Gasteiger partial charge is 0.264 e. The van der Waals surface area contributed by atoms with Gasteiger partial charge in [0.2, 0.25) is 0 Å². The fourth-order valence-electron chi connectivity index (χ4n) is 1.72. The molecule has 0 aliphatic carbocycles. The van der Waals surface area contributed by atoms with Crippen LogP contribution in [0.15, 0.2) is 51.4 Å². The van der Waals surface area contributed by atoms with Crippen molar-refractivity contribution in [3.63, 3.8) is 0 Å². The summed E-state index contributed by atoms with van der Waals surface area (Å²) in [5, 5.41) is 5.76. The van der Waals surface area contributed by atoms with Crippen LogP contribution < -0.4 is 15.4 Å². The third-order valence-corrected chi connectivity index (χ3v) is 4.20. The molecule has 0 unspecified atom stereocenters. The third-order valence-electron chi connectivity index (χ3n) is 2.81. The second-order valence-electron chi connectivity index (χ2n) is 4.73. The van der Waals surface area contributed by atoms with E-state index in [0.717, 1.165) is 20.2 Å². The Morgan fingerprint density at radius 3 is 2.52 bits per heavy atom. The molecule has 0 saturated carbocycles. The Morgan fingerprint density at radius 2 is 1.87 bits per heavy atom. The van der Waals surface area contributed by atoms with Gasteiger partial charge in [-0.15, -0.1) is 0 Å². The molecular formula is C16H14Br2N2O2S. The fourth-order valence-corrected chi connectivity index (χ4v) is 2.80. The quantitative estimate of drug-likeness (QED) is 0.667. The van der Waals surface area contributed by atoms with Crippen LogP contribution in [0.5, 0.6) is 5.75 Å². The van der Waals surface area contributed by atoms with Gasteiger partial charge in [0.1, 0.15) is 5.75 Å². The van der Waals surface area contributed by atoms with E-state index in [4.69, 9.17) is 17.0 Å². The van der Waals surface area contributed by atoms with Crippen LogP contribution in [0.2, 0.25) is 0 Å². The number of hydrogen-bond donors (Lipinski definition) is 2. The van der Waals surface area contributed by atoms with Gasteiger partial charge < -0.3 is 10.1 Å². The molecule has 120 valence electrons. The van der Waals surface area contributed by atoms with E-state index < -0.39 is 0 Å². The fraction of sp³-hybridized carbons (Fsp3) is 0.125. The molecule has 2 rings (SSSR count). The van der Waals surface area contributed by atoms with Gasteiger partial charge in [-0.2, -0.15) is 0 Å². The molecule has 0 fully saturated rings. The first kappa shape index (κ1) is 17.9. The van der Waals surface area contributed by atoms with Crippen molar-refractivity contribution in [2.24, 2.45) is 0 Å². The average Bonchev–Trinajstić information content (AvgIpc) is 2.49. The molecule has 2 aromatic rings. The van der Waals surface area contributed by atoms with E-state index in [1.807, 2.05) is 37.3 Å². The molecule has 0 atom stereocenters. The lowest BCUT2D eigenvalue weighted by Gasteiger charge is -2.12. The van der Waals surface area contributed by atoms with Gasteiger partial charge >= 0.3 is 0 Å². The molecule has 7 heteroatoms. The van der Waals surface area contributed by atoms with Crippen molar-refractivity contribution < 1.29 is 9.53 Å². The standard InChI is InChI=1S/C16H14Br2N2O2S/c1-10-2-7-14(13(18)8-10)19-16(23)20-15(21)9-22-12-5-3-11(17)4-6-12/h2-8H,9H2,1H3,(H2,19,20,21,23). The summed E-state index contributed by atoms with van der Waals surface area (Å²) in [5.74, 6) is 0.289. The maximum absolute atomic E-state index is 11.8. The van der Waals surface area contributed by atoms with Gasteiger partial charge in [0.15, 0.2) is 11.7 Å². The number of amides is 1. The SMILES string of the molecule is Cc1ccc(NC(=S)NC(=O)COc2ccc(Br)cc2)c(Br)c1. The topological polar surface area (TPSA) is 50.4 Å². The van der Waals surface area contributed by atoms with Crippen molar-refractivity contribution in [1.82, 2.24) is 5.32 Å². The largest absolute Gasteiger partial charge is 0.484 e. The average molecular weight is 458 g/mol. The molecule has 0 aromatic heterocycles. The van der Waals surface area contributed by atoms with Crippen molar-refractivity contribution in [1.29, 1.82) is 0 Å². The number of carbonyl (C=O) groups excluding carboxylic acids is 1. The van der Waals surface area contributed by atoms with E-state index in [1.165, 1.54) is 0 Å². The maximum atomic E-state index is 11.8. The highest BCUT2D eigenvalue weighted by Crippen LogP contribution is 2.23. The van der Waals surface area contributed by atoms with E-state index in [-0.39, 0.29) is 17.6 Å². The molecule has 0 aliphatic heterocycles. The zero-order valence-corrected chi connectivity index (χ0v) is 16.2. The maximum Gasteiger partial charge on any atom is 0.264 e. The summed E-state index contributed by atoms with van der Waals surface area (Å²) in [4.78, 5) is 11.8. The molecule has 0 saturated heterocycles. The number of aryl methyl sites for hydroxylation is 1. The van der Waals surface area contributed by atoms with Crippen LogP contribution in [0.1, 0.15) is 5.56 Å². The number of benzene rings is 2. The first-order valence-corrected chi connectivity index (χ1v) is 8.69. The number of ether oxygens (including phenoxy) is 1. The van der Waals surface area contributed by atoms with Crippen molar-refractivity contribution in [2.75, 3.05) is 11.9 Å². The van der Waals surface area contributed by atoms with E-state index in [1.54, 1.807) is 12.1 Å². The predicted octanol–water partition coefficient (Wildman–Crippen LogP) is 4.41. The van der Waals surface area contributed by atoms with Crippen molar-refractivity contribution in [2.45, 2.75) is 6.92 Å². The molecule has 2 N–H and O–H groups in total. The molecular weight excluding hydrogens is 444 g/mol. The van der Waals surface area contributed by atoms with Crippen LogP contribution in [-0.4, -0.2) is 17.6 Å². The monoisotopic (exact) mass is 456 g/mol. The number of nitrogens with one attached hydrogen (secondary N) is 2. The Morgan fingerprint density at radius 1 is 1.17 bits per heavy atom. The Kier molecular flexibility index (Phi) is 6.56. The summed E-state index contributed by atoms with van der Waals surface area (Å²) in [5.41, 5.74) is 1.91. The Bertz CT molecular complexity index is 721. The van der Waals surface area contributed by atoms with E-state index in [0.29, 0.717) is 5.75 Å². The van der Waals surface area contributed by atoms with Crippen molar-refractivity contribution >= 4 is 60.8 Å². The highest BCUT2D eigenvalue weighted by Gasteiger charge is 2.08. The van der Waals surface area contributed by atoms with Gasteiger partial charge in [0, 0.05) is 8.95 Å². The number of hydrogen-bond acceptors (Lipinski definition) is 3. The minimum Gasteiger partial charge on any atom is -0.484 e. The number of halogens is 2. The summed E-state index contributed by atoms with van der Waals surface area (Å²) in [6.07, 6.45) is 0. The lowest BCUT2D eigenvalue weighted by atomic mass is 10.2. The lowest BCUT2D eigenvalue weighted by Crippen LogP contribution is -2.37. The summed E-state index contributed by atoms with van der Waals surface area (Å²) in [6, 6.07) is 13.0. The summed E-state index contributed by atoms with van der Waals surface area (Å²) < 4.78 is 7.21. The van der Waals surface area contributed by atoms with Crippen molar-refractivity contribution in [3.8, 4) is 5.75 Å². The van der Waals surface area contributed by atoms with Crippen LogP contribution in [0, 0.1) is 6.92 Å². The normalized spacial score (nSPS) is 10.0. The Labute approximate surface area is 156 Å². The van der Waals surface area contributed by atoms with Gasteiger partial charge in [0.05, 0.1) is 5.69 Å². The number of rotatable bonds is 4. The highest BCUT2D eigenvalue weighted by atomic mass is 79.9. The summed E-state index contributed by atoms with van der Waals surface area (Å²) >= 11 is 11.9. The second kappa shape index (κ2) is 8.42. The zero-order valence-electron chi connectivity index (χ0n) is 12.2. The van der Waals surface area contributed by atoms with Crippen LogP contribution in [0.25, 0.3) is 0 Å². The lowest BCUT2D eigenvalue weighted by molar-refractivity contribution is -0.121.